The number of hydrogen-bond acceptors (Lipinski definition) is 6. The van der Waals surface area contributed by atoms with E-state index in [2.05, 4.69) is 5.32 Å². The van der Waals surface area contributed by atoms with Gasteiger partial charge in [0.25, 0.3) is 0 Å². The summed E-state index contributed by atoms with van der Waals surface area (Å²) in [5.41, 5.74) is 2.76. The van der Waals surface area contributed by atoms with E-state index in [-0.39, 0.29) is 37.4 Å². The third-order valence-electron chi connectivity index (χ3n) is 8.70. The van der Waals surface area contributed by atoms with Gasteiger partial charge in [0.15, 0.2) is 0 Å². The summed E-state index contributed by atoms with van der Waals surface area (Å²) in [5, 5.41) is 8.26. The summed E-state index contributed by atoms with van der Waals surface area (Å²) in [6, 6.07) is 29.5. The highest BCUT2D eigenvalue weighted by Crippen LogP contribution is 2.31. The van der Waals surface area contributed by atoms with Gasteiger partial charge in [-0.1, -0.05) is 84.9 Å². The van der Waals surface area contributed by atoms with Crippen molar-refractivity contribution in [3.8, 4) is 5.75 Å². The fraction of sp³-hybridized carbons (Fsp3) is 0.278. The Morgan fingerprint density at radius 3 is 2.30 bits per heavy atom. The van der Waals surface area contributed by atoms with E-state index < -0.39 is 18.3 Å². The van der Waals surface area contributed by atoms with Crippen molar-refractivity contribution in [3.05, 3.63) is 114 Å². The van der Waals surface area contributed by atoms with Gasteiger partial charge in [-0.2, -0.15) is 5.01 Å². The molecule has 0 radical (unpaired) electrons. The highest BCUT2D eigenvalue weighted by molar-refractivity contribution is 5.92. The van der Waals surface area contributed by atoms with Crippen molar-refractivity contribution in [2.75, 3.05) is 34.2 Å². The van der Waals surface area contributed by atoms with Gasteiger partial charge in [0.2, 0.25) is 11.8 Å². The molecule has 2 saturated heterocycles. The predicted octanol–water partition coefficient (Wildman–Crippen LogP) is 4.08. The summed E-state index contributed by atoms with van der Waals surface area (Å²) in [6.45, 7) is 0.895. The number of benzene rings is 4. The molecule has 0 bridgehead atoms. The molecular formula is C36H38N6O5. The summed E-state index contributed by atoms with van der Waals surface area (Å²) in [4.78, 5) is 58.0. The molecule has 2 fully saturated rings. The predicted molar refractivity (Wildman–Crippen MR) is 177 cm³/mol. The lowest BCUT2D eigenvalue weighted by molar-refractivity contribution is -0.157. The van der Waals surface area contributed by atoms with Crippen LogP contribution in [0.4, 0.5) is 9.59 Å². The number of nitrogens with one attached hydrogen (secondary N) is 1. The number of carbonyl (C=O) groups excluding carboxylic acids is 4. The summed E-state index contributed by atoms with van der Waals surface area (Å²) in [5.74, 6) is -0.00877. The molecule has 47 heavy (non-hydrogen) atoms. The zero-order chi connectivity index (χ0) is 33.1. The maximum absolute atomic E-state index is 14.3. The fourth-order valence-corrected chi connectivity index (χ4v) is 6.20. The highest BCUT2D eigenvalue weighted by Gasteiger charge is 2.51. The van der Waals surface area contributed by atoms with Gasteiger partial charge < -0.3 is 24.8 Å². The minimum absolute atomic E-state index is 0.0365. The number of urea groups is 1. The molecule has 11 nitrogen and oxygen atoms in total. The molecule has 0 saturated carbocycles. The second-order valence-corrected chi connectivity index (χ2v) is 12.0. The van der Waals surface area contributed by atoms with Crippen molar-refractivity contribution in [2.24, 2.45) is 0 Å². The van der Waals surface area contributed by atoms with Crippen LogP contribution in [0.5, 0.6) is 5.75 Å². The Morgan fingerprint density at radius 2 is 1.55 bits per heavy atom. The molecule has 5 amide bonds. The van der Waals surface area contributed by atoms with Crippen LogP contribution in [-0.2, 0) is 29.1 Å². The summed E-state index contributed by atoms with van der Waals surface area (Å²) >= 11 is 0. The molecule has 2 heterocycles. The first kappa shape index (κ1) is 31.6. The van der Waals surface area contributed by atoms with Gasteiger partial charge in [-0.15, -0.1) is 0 Å². The number of rotatable bonds is 8. The van der Waals surface area contributed by atoms with E-state index in [0.29, 0.717) is 18.8 Å². The Morgan fingerprint density at radius 1 is 0.851 bits per heavy atom. The van der Waals surface area contributed by atoms with Crippen LogP contribution in [-0.4, -0.2) is 95.1 Å². The van der Waals surface area contributed by atoms with E-state index >= 15 is 0 Å². The summed E-state index contributed by atoms with van der Waals surface area (Å²) in [7, 11) is 4.85. The van der Waals surface area contributed by atoms with Crippen molar-refractivity contribution in [3.63, 3.8) is 0 Å². The third kappa shape index (κ3) is 6.75. The van der Waals surface area contributed by atoms with Crippen molar-refractivity contribution < 1.29 is 23.9 Å². The Balaban J connectivity index is 1.27. The molecule has 0 unspecified atom stereocenters. The van der Waals surface area contributed by atoms with Crippen LogP contribution in [0, 0.1) is 0 Å². The number of fused-ring (bicyclic) bond motifs is 2. The number of hydrogen-bond donors (Lipinski definition) is 1. The first-order valence-corrected chi connectivity index (χ1v) is 15.6. The smallest absolute Gasteiger partial charge is 0.410 e. The lowest BCUT2D eigenvalue weighted by Crippen LogP contribution is -2.65. The molecule has 242 valence electrons. The fourth-order valence-electron chi connectivity index (χ4n) is 6.20. The van der Waals surface area contributed by atoms with E-state index in [1.165, 1.54) is 9.91 Å². The van der Waals surface area contributed by atoms with Gasteiger partial charge in [0.1, 0.15) is 18.0 Å². The average Bonchev–Trinajstić information content (AvgIpc) is 3.41. The summed E-state index contributed by atoms with van der Waals surface area (Å²) < 4.78 is 5.36. The number of hydrazine groups is 1. The second kappa shape index (κ2) is 13.5. The third-order valence-corrected chi connectivity index (χ3v) is 8.70. The highest BCUT2D eigenvalue weighted by atomic mass is 16.6. The first-order valence-electron chi connectivity index (χ1n) is 15.6. The number of amides is 5. The molecule has 2 atom stereocenters. The zero-order valence-corrected chi connectivity index (χ0v) is 26.7. The van der Waals surface area contributed by atoms with E-state index in [1.807, 2.05) is 72.8 Å². The molecule has 4 aromatic carbocycles. The number of piperazine rings is 1. The van der Waals surface area contributed by atoms with E-state index in [1.54, 1.807) is 60.2 Å². The Hall–Kier alpha value is -5.42. The van der Waals surface area contributed by atoms with Gasteiger partial charge in [0.05, 0.1) is 13.1 Å². The minimum Gasteiger partial charge on any atom is -0.410 e. The van der Waals surface area contributed by atoms with Crippen molar-refractivity contribution in [2.45, 2.75) is 31.7 Å². The molecule has 4 aromatic rings. The number of carbonyl (C=O) groups is 4. The quantitative estimate of drug-likeness (QED) is 0.313. The minimum atomic E-state index is -0.794. The normalized spacial score (nSPS) is 17.9. The second-order valence-electron chi connectivity index (χ2n) is 12.0. The van der Waals surface area contributed by atoms with E-state index in [4.69, 9.17) is 4.74 Å². The molecular weight excluding hydrogens is 596 g/mol. The largest absolute Gasteiger partial charge is 0.414 e. The molecule has 0 spiro atoms. The van der Waals surface area contributed by atoms with E-state index in [9.17, 15) is 19.2 Å². The van der Waals surface area contributed by atoms with Gasteiger partial charge >= 0.3 is 12.1 Å². The Bertz CT molecular complexity index is 1770. The number of nitrogens with zero attached hydrogens (tertiary/aromatic N) is 5. The van der Waals surface area contributed by atoms with Crippen LogP contribution in [0.1, 0.15) is 16.7 Å². The van der Waals surface area contributed by atoms with Crippen LogP contribution in [0.25, 0.3) is 10.8 Å². The van der Waals surface area contributed by atoms with E-state index in [0.717, 1.165) is 27.5 Å². The van der Waals surface area contributed by atoms with Crippen LogP contribution in [0.2, 0.25) is 0 Å². The molecule has 2 aliphatic rings. The topological polar surface area (TPSA) is 106 Å². The first-order chi connectivity index (χ1) is 22.7. The lowest BCUT2D eigenvalue weighted by Gasteiger charge is -2.46. The van der Waals surface area contributed by atoms with Crippen LogP contribution >= 0.6 is 0 Å². The van der Waals surface area contributed by atoms with Gasteiger partial charge in [-0.3, -0.25) is 14.6 Å². The zero-order valence-electron chi connectivity index (χ0n) is 26.7. The van der Waals surface area contributed by atoms with Crippen molar-refractivity contribution >= 4 is 34.7 Å². The van der Waals surface area contributed by atoms with Gasteiger partial charge in [-0.25, -0.2) is 9.59 Å². The molecule has 1 N–H and O–H groups in total. The maximum atomic E-state index is 14.3. The van der Waals surface area contributed by atoms with Crippen LogP contribution < -0.4 is 10.1 Å². The Labute approximate surface area is 273 Å². The van der Waals surface area contributed by atoms with Crippen LogP contribution in [0.15, 0.2) is 97.1 Å². The summed E-state index contributed by atoms with van der Waals surface area (Å²) in [6.07, 6.45) is -0.785. The van der Waals surface area contributed by atoms with Crippen molar-refractivity contribution in [1.29, 1.82) is 0 Å². The van der Waals surface area contributed by atoms with Gasteiger partial charge in [0, 0.05) is 40.7 Å². The average molecular weight is 635 g/mol. The SMILES string of the molecule is CN(C)C(=O)Oc1ccc(C[C@H]2C(=O)N(Cc3cccc4ccccc34)C[C@H]3N2C(=O)CN3N(C)C(=O)NCc2ccccc2)cc1. The Kier molecular flexibility index (Phi) is 9.08. The van der Waals surface area contributed by atoms with Crippen molar-refractivity contribution in [1.82, 2.24) is 30.0 Å². The molecule has 6 rings (SSSR count). The molecule has 0 aliphatic carbocycles. The molecule has 0 aromatic heterocycles. The monoisotopic (exact) mass is 634 g/mol. The molecule has 2 aliphatic heterocycles. The van der Waals surface area contributed by atoms with Crippen LogP contribution in [0.3, 0.4) is 0 Å². The maximum Gasteiger partial charge on any atom is 0.414 e. The molecule has 11 heteroatoms. The lowest BCUT2D eigenvalue weighted by atomic mass is 9.99. The number of ether oxygens (including phenoxy) is 1. The standard InChI is InChI=1S/C36H38N6O5/c1-38(2)36(46)47-29-18-16-25(17-19-29)20-31-34(44)40(22-28-14-9-13-27-12-7-8-15-30(27)28)23-32-41(24-33(43)42(31)32)39(3)35(45)37-21-26-10-5-4-6-11-26/h4-19,31-32H,20-24H2,1-3H3,(H,37,45)/t31-,32+/m0/s1. The van der Waals surface area contributed by atoms with Gasteiger partial charge in [-0.05, 0) is 39.6 Å².